The molecule has 0 spiro atoms. The largest absolute Gasteiger partial charge is 0.496 e. The van der Waals surface area contributed by atoms with Gasteiger partial charge < -0.3 is 19.7 Å². The lowest BCUT2D eigenvalue weighted by Gasteiger charge is -2.36. The summed E-state index contributed by atoms with van der Waals surface area (Å²) in [6.45, 7) is 6.55. The fraction of sp³-hybridized carbons (Fsp3) is 0.391. The number of pyridine rings is 1. The maximum Gasteiger partial charge on any atom is 0.320 e. The van der Waals surface area contributed by atoms with Gasteiger partial charge in [0.25, 0.3) is 0 Å². The van der Waals surface area contributed by atoms with E-state index in [1.54, 1.807) is 32.5 Å². The summed E-state index contributed by atoms with van der Waals surface area (Å²) in [6, 6.07) is 8.61. The van der Waals surface area contributed by atoms with Crippen molar-refractivity contribution in [1.29, 1.82) is 0 Å². The second kappa shape index (κ2) is 11.2. The van der Waals surface area contributed by atoms with Crippen LogP contribution in [0.2, 0.25) is 0 Å². The number of rotatable bonds is 7. The molecular formula is C23H30FN5O3S. The number of nitrogens with one attached hydrogen (secondary N) is 2. The molecule has 4 rings (SSSR count). The van der Waals surface area contributed by atoms with Gasteiger partial charge in [-0.2, -0.15) is 0 Å². The van der Waals surface area contributed by atoms with Gasteiger partial charge in [-0.05, 0) is 31.3 Å². The van der Waals surface area contributed by atoms with E-state index in [-0.39, 0.29) is 18.4 Å². The number of methoxy groups -OCH3 is 2. The molecule has 2 N–H and O–H groups in total. The number of likely N-dealkylation sites (tertiary alicyclic amines) is 1. The zero-order valence-corrected chi connectivity index (χ0v) is 20.3. The van der Waals surface area contributed by atoms with Gasteiger partial charge >= 0.3 is 6.03 Å². The van der Waals surface area contributed by atoms with Crippen molar-refractivity contribution in [2.45, 2.75) is 13.8 Å². The van der Waals surface area contributed by atoms with Crippen LogP contribution < -0.4 is 20.1 Å². The van der Waals surface area contributed by atoms with E-state index in [0.29, 0.717) is 51.9 Å². The highest BCUT2D eigenvalue weighted by Crippen LogP contribution is 2.43. The number of urea groups is 1. The molecule has 0 radical (unpaired) electrons. The molecule has 8 nitrogen and oxygen atoms in total. The van der Waals surface area contributed by atoms with Crippen LogP contribution in [0.25, 0.3) is 22.2 Å². The molecule has 1 aromatic carbocycles. The van der Waals surface area contributed by atoms with Crippen molar-refractivity contribution in [2.24, 2.45) is 5.92 Å². The Hall–Kier alpha value is -2.98. The number of benzene rings is 1. The Labute approximate surface area is 197 Å². The first kappa shape index (κ1) is 24.7. The van der Waals surface area contributed by atoms with Gasteiger partial charge in [-0.1, -0.05) is 19.9 Å². The van der Waals surface area contributed by atoms with E-state index in [9.17, 15) is 8.68 Å². The van der Waals surface area contributed by atoms with E-state index >= 15 is 0 Å². The van der Waals surface area contributed by atoms with Gasteiger partial charge in [-0.3, -0.25) is 5.32 Å². The number of aromatic nitrogens is 2. The van der Waals surface area contributed by atoms with Crippen LogP contribution in [0.15, 0.2) is 36.5 Å². The van der Waals surface area contributed by atoms with Crippen LogP contribution in [0, 0.1) is 5.92 Å². The van der Waals surface area contributed by atoms with Crippen LogP contribution >= 0.6 is 12.3 Å². The van der Waals surface area contributed by atoms with Gasteiger partial charge in [0.05, 0.1) is 19.8 Å². The molecule has 0 aliphatic carbocycles. The zero-order chi connectivity index (χ0) is 24.0. The number of hydrogen-bond acceptors (Lipinski definition) is 6. The Kier molecular flexibility index (Phi) is 8.40. The van der Waals surface area contributed by atoms with Crippen LogP contribution in [0.4, 0.5) is 14.5 Å². The minimum Gasteiger partial charge on any atom is -0.496 e. The van der Waals surface area contributed by atoms with Gasteiger partial charge in [0.1, 0.15) is 17.3 Å². The fourth-order valence-corrected chi connectivity index (χ4v) is 4.22. The van der Waals surface area contributed by atoms with E-state index < -0.39 is 0 Å². The van der Waals surface area contributed by atoms with Gasteiger partial charge in [-0.15, -0.1) is 3.89 Å². The molecule has 0 unspecified atom stereocenters. The molecule has 33 heavy (non-hydrogen) atoms. The van der Waals surface area contributed by atoms with Gasteiger partial charge in [-0.25, -0.2) is 13.8 Å². The molecule has 1 saturated heterocycles. The molecule has 1 fully saturated rings. The molecule has 0 saturated carbocycles. The minimum absolute atomic E-state index is 0.0328. The predicted octanol–water partition coefficient (Wildman–Crippen LogP) is 4.81. The second-order valence-electron chi connectivity index (χ2n) is 7.47. The van der Waals surface area contributed by atoms with Crippen LogP contribution in [-0.4, -0.2) is 60.8 Å². The maximum atomic E-state index is 13.7. The lowest BCUT2D eigenvalue weighted by atomic mass is 10.0. The first-order chi connectivity index (χ1) is 16.0. The highest BCUT2D eigenvalue weighted by Gasteiger charge is 2.23. The van der Waals surface area contributed by atoms with Crippen molar-refractivity contribution >= 4 is 35.2 Å². The third kappa shape index (κ3) is 5.33. The molecule has 10 heteroatoms. The van der Waals surface area contributed by atoms with Crippen LogP contribution in [0.5, 0.6) is 11.5 Å². The number of amides is 2. The molecule has 1 aliphatic heterocycles. The highest BCUT2D eigenvalue weighted by atomic mass is 32.2. The van der Waals surface area contributed by atoms with Crippen molar-refractivity contribution in [3.63, 3.8) is 0 Å². The normalized spacial score (nSPS) is 13.6. The summed E-state index contributed by atoms with van der Waals surface area (Å²) in [5.74, 6) is 2.00. The number of nitrogens with zero attached hydrogens (tertiary/aromatic N) is 3. The average Bonchev–Trinajstić information content (AvgIpc) is 3.19. The van der Waals surface area contributed by atoms with Crippen LogP contribution in [0.1, 0.15) is 13.8 Å². The van der Waals surface area contributed by atoms with E-state index in [2.05, 4.69) is 20.5 Å². The smallest absolute Gasteiger partial charge is 0.320 e. The summed E-state index contributed by atoms with van der Waals surface area (Å²) in [5, 5.41) is 6.29. The first-order valence-corrected chi connectivity index (χ1v) is 11.5. The van der Waals surface area contributed by atoms with Crippen molar-refractivity contribution in [2.75, 3.05) is 46.2 Å². The zero-order valence-electron chi connectivity index (χ0n) is 19.5. The number of anilines is 1. The molecule has 3 aromatic rings. The van der Waals surface area contributed by atoms with Crippen LogP contribution in [-0.2, 0) is 0 Å². The van der Waals surface area contributed by atoms with Gasteiger partial charge in [0, 0.05) is 42.7 Å². The molecule has 0 bridgehead atoms. The number of hydrogen-bond donors (Lipinski definition) is 2. The number of carbonyl (C=O) groups is 1. The topological polar surface area (TPSA) is 80.6 Å². The van der Waals surface area contributed by atoms with Crippen molar-refractivity contribution in [3.05, 3.63) is 36.5 Å². The van der Waals surface area contributed by atoms with Gasteiger partial charge in [0.2, 0.25) is 0 Å². The summed E-state index contributed by atoms with van der Waals surface area (Å²) in [7, 11) is 5.19. The Morgan fingerprint density at radius 3 is 2.42 bits per heavy atom. The van der Waals surface area contributed by atoms with E-state index in [0.717, 1.165) is 13.1 Å². The number of fused-ring (bicyclic) bond motifs is 1. The SMILES string of the molecule is CC.COc1cccc(OC)c1-c1cn(SF)c2nc(NC(=O)NCC3CN(C)C3)ccc12. The second-order valence-corrected chi connectivity index (χ2v) is 8.00. The molecule has 2 aromatic heterocycles. The molecule has 0 atom stereocenters. The molecule has 3 heterocycles. The Balaban J connectivity index is 0.00000149. The summed E-state index contributed by atoms with van der Waals surface area (Å²) < 4.78 is 26.0. The molecule has 178 valence electrons. The van der Waals surface area contributed by atoms with Gasteiger partial charge in [0.15, 0.2) is 18.0 Å². The maximum absolute atomic E-state index is 13.7. The Morgan fingerprint density at radius 2 is 1.85 bits per heavy atom. The van der Waals surface area contributed by atoms with Crippen molar-refractivity contribution < 1.29 is 18.2 Å². The molecule has 2 amide bonds. The minimum atomic E-state index is -0.334. The van der Waals surface area contributed by atoms with E-state index in [4.69, 9.17) is 9.47 Å². The van der Waals surface area contributed by atoms with E-state index in [1.807, 2.05) is 39.1 Å². The predicted molar refractivity (Wildman–Crippen MR) is 132 cm³/mol. The number of ether oxygens (including phenoxy) is 2. The lowest BCUT2D eigenvalue weighted by molar-refractivity contribution is 0.134. The summed E-state index contributed by atoms with van der Waals surface area (Å²) >= 11 is 0.0328. The summed E-state index contributed by atoms with van der Waals surface area (Å²) in [4.78, 5) is 18.9. The average molecular weight is 476 g/mol. The Bertz CT molecular complexity index is 1080. The third-order valence-corrected chi connectivity index (χ3v) is 5.75. The molecule has 1 aliphatic rings. The highest BCUT2D eigenvalue weighted by molar-refractivity contribution is 7.92. The Morgan fingerprint density at radius 1 is 1.18 bits per heavy atom. The number of carbonyl (C=O) groups excluding carboxylic acids is 1. The van der Waals surface area contributed by atoms with Crippen molar-refractivity contribution in [1.82, 2.24) is 19.2 Å². The van der Waals surface area contributed by atoms with Crippen molar-refractivity contribution in [3.8, 4) is 22.6 Å². The summed E-state index contributed by atoms with van der Waals surface area (Å²) in [6.07, 6.45) is 1.64. The third-order valence-electron chi connectivity index (χ3n) is 5.32. The fourth-order valence-electron chi connectivity index (χ4n) is 3.87. The first-order valence-electron chi connectivity index (χ1n) is 10.8. The summed E-state index contributed by atoms with van der Waals surface area (Å²) in [5.41, 5.74) is 1.80. The quantitative estimate of drug-likeness (QED) is 0.510. The standard InChI is InChI=1S/C21H24FN5O3S.C2H6/c1-26-10-13(11-26)9-23-21(28)25-18-8-7-14-15(12-27(31-22)20(14)24-18)19-16(29-2)5-4-6-17(19)30-3;1-2/h4-8,12-13H,9-11H2,1-3H3,(H2,23,24,25,28);1-2H3. The number of halogens is 1. The monoisotopic (exact) mass is 475 g/mol. The van der Waals surface area contributed by atoms with Crippen LogP contribution in [0.3, 0.4) is 0 Å². The van der Waals surface area contributed by atoms with E-state index in [1.165, 1.54) is 3.97 Å². The lowest BCUT2D eigenvalue weighted by Crippen LogP contribution is -2.49. The molecular weight excluding hydrogens is 445 g/mol.